The van der Waals surface area contributed by atoms with E-state index in [1.165, 1.54) is 0 Å². The molecule has 120 valence electrons. The maximum atomic E-state index is 11.1. The molecule has 1 aromatic rings. The van der Waals surface area contributed by atoms with E-state index in [1.54, 1.807) is 6.07 Å². The zero-order valence-electron chi connectivity index (χ0n) is 14.5. The molecule has 0 unspecified atom stereocenters. The highest BCUT2D eigenvalue weighted by atomic mass is 28.4. The van der Waals surface area contributed by atoms with Crippen molar-refractivity contribution in [1.82, 2.24) is 0 Å². The average molecular weight is 312 g/mol. The molecule has 0 amide bonds. The molecule has 0 spiro atoms. The van der Waals surface area contributed by atoms with Crippen LogP contribution in [0.3, 0.4) is 0 Å². The predicted octanol–water partition coefficient (Wildman–Crippen LogP) is 4.80. The maximum absolute atomic E-state index is 11.1. The Morgan fingerprint density at radius 3 is 2.14 bits per heavy atom. The highest BCUT2D eigenvalue weighted by Crippen LogP contribution is 2.38. The molecule has 5 heteroatoms. The Balaban J connectivity index is 3.06. The van der Waals surface area contributed by atoms with Crippen molar-refractivity contribution in [3.8, 4) is 0 Å². The summed E-state index contributed by atoms with van der Waals surface area (Å²) < 4.78 is 11.7. The maximum Gasteiger partial charge on any atom is 0.371 e. The average Bonchev–Trinajstić information content (AvgIpc) is 2.68. The Hall–Kier alpha value is -1.07. The monoisotopic (exact) mass is 312 g/mol. The van der Waals surface area contributed by atoms with Crippen LogP contribution in [0.25, 0.3) is 0 Å². The van der Waals surface area contributed by atoms with Crippen LogP contribution >= 0.6 is 0 Å². The van der Waals surface area contributed by atoms with Crippen molar-refractivity contribution in [2.24, 2.45) is 0 Å². The van der Waals surface area contributed by atoms with Gasteiger partial charge in [0, 0.05) is 11.0 Å². The smallest absolute Gasteiger partial charge is 0.371 e. The Morgan fingerprint density at radius 1 is 1.24 bits per heavy atom. The zero-order chi connectivity index (χ0) is 16.6. The first-order valence-electron chi connectivity index (χ1n) is 7.26. The molecule has 1 rings (SSSR count). The van der Waals surface area contributed by atoms with E-state index >= 15 is 0 Å². The molecule has 0 aliphatic carbocycles. The van der Waals surface area contributed by atoms with Crippen LogP contribution in [0.2, 0.25) is 18.1 Å². The molecule has 0 bridgehead atoms. The molecular formula is C16H28O4Si. The normalized spacial score (nSPS) is 13.5. The first-order chi connectivity index (χ1) is 9.25. The lowest BCUT2D eigenvalue weighted by Crippen LogP contribution is -2.40. The Bertz CT molecular complexity index is 515. The SMILES string of the molecule is CC(C)(C)c1oc(C(=O)O)cc1CO[Si](C)(C)C(C)(C)C. The number of carboxylic acids is 1. The molecular weight excluding hydrogens is 284 g/mol. The molecule has 0 aliphatic heterocycles. The summed E-state index contributed by atoms with van der Waals surface area (Å²) >= 11 is 0. The largest absolute Gasteiger partial charge is 0.475 e. The fourth-order valence-corrected chi connectivity index (χ4v) is 2.70. The number of aromatic carboxylic acids is 1. The van der Waals surface area contributed by atoms with E-state index in [0.29, 0.717) is 12.4 Å². The van der Waals surface area contributed by atoms with Crippen LogP contribution in [0.4, 0.5) is 0 Å². The van der Waals surface area contributed by atoms with Crippen molar-refractivity contribution in [2.75, 3.05) is 0 Å². The summed E-state index contributed by atoms with van der Waals surface area (Å²) in [5.41, 5.74) is 0.588. The van der Waals surface area contributed by atoms with Gasteiger partial charge in [-0.2, -0.15) is 0 Å². The third kappa shape index (κ3) is 4.20. The van der Waals surface area contributed by atoms with Crippen LogP contribution in [0.5, 0.6) is 0 Å². The standard InChI is InChI=1S/C16H28O4Si/c1-15(2,3)13-11(9-12(20-13)14(17)18)10-19-21(7,8)16(4,5)6/h9H,10H2,1-8H3,(H,17,18). The van der Waals surface area contributed by atoms with Gasteiger partial charge in [-0.25, -0.2) is 4.79 Å². The molecule has 0 saturated carbocycles. The van der Waals surface area contributed by atoms with Crippen molar-refractivity contribution in [2.45, 2.75) is 71.7 Å². The van der Waals surface area contributed by atoms with Crippen LogP contribution in [0.1, 0.15) is 63.4 Å². The first kappa shape index (κ1) is 18.0. The van der Waals surface area contributed by atoms with Crippen LogP contribution in [-0.4, -0.2) is 19.4 Å². The van der Waals surface area contributed by atoms with Crippen LogP contribution in [0, 0.1) is 0 Å². The molecule has 0 aliphatic rings. The van der Waals surface area contributed by atoms with Crippen LogP contribution in [-0.2, 0) is 16.4 Å². The Morgan fingerprint density at radius 2 is 1.76 bits per heavy atom. The number of furan rings is 1. The molecule has 0 aromatic carbocycles. The van der Waals surface area contributed by atoms with Crippen LogP contribution in [0.15, 0.2) is 10.5 Å². The van der Waals surface area contributed by atoms with E-state index in [4.69, 9.17) is 13.9 Å². The molecule has 4 nitrogen and oxygen atoms in total. The van der Waals surface area contributed by atoms with Crippen LogP contribution < -0.4 is 0 Å². The summed E-state index contributed by atoms with van der Waals surface area (Å²) in [5, 5.41) is 9.24. The second-order valence-electron chi connectivity index (χ2n) is 8.07. The van der Waals surface area contributed by atoms with Gasteiger partial charge in [-0.1, -0.05) is 41.5 Å². The zero-order valence-corrected chi connectivity index (χ0v) is 15.5. The topological polar surface area (TPSA) is 59.7 Å². The van der Waals surface area contributed by atoms with Crippen molar-refractivity contribution in [3.05, 3.63) is 23.2 Å². The van der Waals surface area contributed by atoms with Gasteiger partial charge in [0.15, 0.2) is 8.32 Å². The van der Waals surface area contributed by atoms with Crippen molar-refractivity contribution >= 4 is 14.3 Å². The van der Waals surface area contributed by atoms with E-state index in [0.717, 1.165) is 5.56 Å². The van der Waals surface area contributed by atoms with Gasteiger partial charge in [0.05, 0.1) is 6.61 Å². The van der Waals surface area contributed by atoms with Gasteiger partial charge in [0.2, 0.25) is 5.76 Å². The fourth-order valence-electron chi connectivity index (χ4n) is 1.75. The van der Waals surface area contributed by atoms with Gasteiger partial charge >= 0.3 is 5.97 Å². The van der Waals surface area contributed by atoms with Crippen molar-refractivity contribution < 1.29 is 18.7 Å². The molecule has 0 fully saturated rings. The minimum Gasteiger partial charge on any atom is -0.475 e. The predicted molar refractivity (Wildman–Crippen MR) is 86.4 cm³/mol. The summed E-state index contributed by atoms with van der Waals surface area (Å²) in [6.07, 6.45) is 0. The van der Waals surface area contributed by atoms with Gasteiger partial charge in [0.25, 0.3) is 0 Å². The lowest BCUT2D eigenvalue weighted by atomic mass is 9.91. The third-order valence-corrected chi connectivity index (χ3v) is 8.57. The summed E-state index contributed by atoms with van der Waals surface area (Å²) in [7, 11) is -1.88. The van der Waals surface area contributed by atoms with E-state index < -0.39 is 14.3 Å². The molecule has 0 saturated heterocycles. The van der Waals surface area contributed by atoms with Gasteiger partial charge in [0.1, 0.15) is 5.76 Å². The molecule has 21 heavy (non-hydrogen) atoms. The molecule has 1 aromatic heterocycles. The first-order valence-corrected chi connectivity index (χ1v) is 10.2. The van der Waals surface area contributed by atoms with E-state index in [1.807, 2.05) is 20.8 Å². The summed E-state index contributed by atoms with van der Waals surface area (Å²) in [6.45, 7) is 17.3. The quantitative estimate of drug-likeness (QED) is 0.811. The molecule has 1 N–H and O–H groups in total. The summed E-state index contributed by atoms with van der Waals surface area (Å²) in [4.78, 5) is 11.1. The van der Waals surface area contributed by atoms with Gasteiger partial charge in [-0.15, -0.1) is 0 Å². The molecule has 0 atom stereocenters. The summed E-state index contributed by atoms with van der Waals surface area (Å²) in [6, 6.07) is 1.59. The number of carboxylic acid groups (broad SMARTS) is 1. The minimum atomic E-state index is -1.88. The Kier molecular flexibility index (Phi) is 4.80. The second kappa shape index (κ2) is 5.61. The number of hydrogen-bond donors (Lipinski definition) is 1. The summed E-state index contributed by atoms with van der Waals surface area (Å²) in [5.74, 6) is -0.369. The van der Waals surface area contributed by atoms with Gasteiger partial charge in [-0.05, 0) is 24.2 Å². The third-order valence-electron chi connectivity index (χ3n) is 4.10. The number of carbonyl (C=O) groups is 1. The second-order valence-corrected chi connectivity index (χ2v) is 12.9. The highest BCUT2D eigenvalue weighted by Gasteiger charge is 2.37. The van der Waals surface area contributed by atoms with Gasteiger partial charge in [-0.3, -0.25) is 0 Å². The van der Waals surface area contributed by atoms with E-state index in [9.17, 15) is 4.79 Å². The lowest BCUT2D eigenvalue weighted by Gasteiger charge is -2.36. The van der Waals surface area contributed by atoms with Crippen molar-refractivity contribution in [3.63, 3.8) is 0 Å². The number of rotatable bonds is 4. The van der Waals surface area contributed by atoms with E-state index in [-0.39, 0.29) is 16.2 Å². The Labute approximate surface area is 128 Å². The van der Waals surface area contributed by atoms with E-state index in [2.05, 4.69) is 33.9 Å². The van der Waals surface area contributed by atoms with Gasteiger partial charge < -0.3 is 13.9 Å². The molecule has 0 radical (unpaired) electrons. The fraction of sp³-hybridized carbons (Fsp3) is 0.688. The van der Waals surface area contributed by atoms with Crippen molar-refractivity contribution in [1.29, 1.82) is 0 Å². The lowest BCUT2D eigenvalue weighted by molar-refractivity contribution is 0.0658. The minimum absolute atomic E-state index is 0.0197. The highest BCUT2D eigenvalue weighted by molar-refractivity contribution is 6.74. The molecule has 1 heterocycles. The number of hydrogen-bond acceptors (Lipinski definition) is 3.